The first kappa shape index (κ1) is 20.1. The van der Waals surface area contributed by atoms with Crippen LogP contribution in [0.4, 0.5) is 0 Å². The van der Waals surface area contributed by atoms with Gasteiger partial charge in [0.1, 0.15) is 5.69 Å². The summed E-state index contributed by atoms with van der Waals surface area (Å²) in [4.78, 5) is 16.6. The summed E-state index contributed by atoms with van der Waals surface area (Å²) in [5, 5.41) is 12.4. The number of aryl methyl sites for hydroxylation is 1. The quantitative estimate of drug-likeness (QED) is 0.588. The van der Waals surface area contributed by atoms with Crippen LogP contribution in [0, 0.1) is 5.92 Å². The van der Waals surface area contributed by atoms with E-state index in [1.54, 1.807) is 6.20 Å². The van der Waals surface area contributed by atoms with Gasteiger partial charge in [0.25, 0.3) is 0 Å². The van der Waals surface area contributed by atoms with E-state index < -0.39 is 0 Å². The molecular weight excluding hydrogens is 370 g/mol. The van der Waals surface area contributed by atoms with Gasteiger partial charge in [0.05, 0.1) is 11.4 Å². The monoisotopic (exact) mass is 395 g/mol. The molecule has 0 fully saturated rings. The van der Waals surface area contributed by atoms with Gasteiger partial charge in [-0.1, -0.05) is 56.8 Å². The number of rotatable bonds is 8. The third kappa shape index (κ3) is 4.78. The third-order valence-electron chi connectivity index (χ3n) is 4.18. The fraction of sp³-hybridized carbons (Fsp3) is 0.333. The van der Waals surface area contributed by atoms with Crippen LogP contribution in [0.3, 0.4) is 0 Å². The van der Waals surface area contributed by atoms with Gasteiger partial charge in [-0.3, -0.25) is 14.3 Å². The molecule has 0 unspecified atom stereocenters. The minimum Gasteiger partial charge on any atom is -0.355 e. The number of thioether (sulfide) groups is 1. The van der Waals surface area contributed by atoms with Crippen LogP contribution in [-0.2, 0) is 11.2 Å². The Hall–Kier alpha value is -2.67. The molecule has 146 valence electrons. The number of aromatic nitrogens is 4. The highest BCUT2D eigenvalue weighted by Crippen LogP contribution is 2.28. The van der Waals surface area contributed by atoms with Gasteiger partial charge in [0, 0.05) is 12.7 Å². The second-order valence-electron chi connectivity index (χ2n) is 6.83. The Balaban J connectivity index is 1.95. The molecule has 0 saturated heterocycles. The van der Waals surface area contributed by atoms with E-state index in [2.05, 4.69) is 53.4 Å². The van der Waals surface area contributed by atoms with Crippen LogP contribution in [0.1, 0.15) is 26.3 Å². The number of carbonyl (C=O) groups excluding carboxylic acids is 1. The lowest BCUT2D eigenvalue weighted by Gasteiger charge is -2.14. The predicted molar refractivity (Wildman–Crippen MR) is 113 cm³/mol. The van der Waals surface area contributed by atoms with Gasteiger partial charge in [-0.2, -0.15) is 0 Å². The number of nitrogens with zero attached hydrogens (tertiary/aromatic N) is 4. The summed E-state index contributed by atoms with van der Waals surface area (Å²) in [5.74, 6) is 1.38. The van der Waals surface area contributed by atoms with Crippen molar-refractivity contribution in [3.05, 3.63) is 54.2 Å². The number of hydrogen-bond acceptors (Lipinski definition) is 5. The van der Waals surface area contributed by atoms with Gasteiger partial charge in [0.15, 0.2) is 11.0 Å². The zero-order valence-electron chi connectivity index (χ0n) is 16.4. The fourth-order valence-electron chi connectivity index (χ4n) is 2.77. The molecule has 0 bridgehead atoms. The molecular formula is C21H25N5OS. The van der Waals surface area contributed by atoms with Crippen molar-refractivity contribution in [1.82, 2.24) is 25.1 Å². The largest absolute Gasteiger partial charge is 0.355 e. The van der Waals surface area contributed by atoms with E-state index >= 15 is 0 Å². The smallest absolute Gasteiger partial charge is 0.230 e. The first-order valence-electron chi connectivity index (χ1n) is 9.44. The van der Waals surface area contributed by atoms with E-state index in [9.17, 15) is 4.79 Å². The molecule has 0 spiro atoms. The molecule has 6 nitrogen and oxygen atoms in total. The first-order chi connectivity index (χ1) is 13.6. The van der Waals surface area contributed by atoms with Gasteiger partial charge >= 0.3 is 0 Å². The molecule has 0 radical (unpaired) electrons. The minimum atomic E-state index is -0.00332. The Bertz CT molecular complexity index is 924. The summed E-state index contributed by atoms with van der Waals surface area (Å²) in [6, 6.07) is 13.9. The zero-order chi connectivity index (χ0) is 19.9. The van der Waals surface area contributed by atoms with Gasteiger partial charge in [-0.15, -0.1) is 10.2 Å². The van der Waals surface area contributed by atoms with Crippen LogP contribution in [-0.4, -0.2) is 38.0 Å². The standard InChI is InChI=1S/C21H25N5OS/c1-4-16-9-5-6-11-18(16)26-20(17-10-7-8-12-22-17)24-25-21(26)28-14-19(27)23-13-15(2)3/h5-12,15H,4,13-14H2,1-3H3,(H,23,27). The second kappa shape index (κ2) is 9.50. The summed E-state index contributed by atoms with van der Waals surface area (Å²) in [5.41, 5.74) is 2.95. The Morgan fingerprint density at radius 3 is 2.64 bits per heavy atom. The van der Waals surface area contributed by atoms with Crippen molar-refractivity contribution >= 4 is 17.7 Å². The number of amides is 1. The fourth-order valence-corrected chi connectivity index (χ4v) is 3.54. The summed E-state index contributed by atoms with van der Waals surface area (Å²) in [6.45, 7) is 6.94. The molecule has 3 aromatic rings. The molecule has 28 heavy (non-hydrogen) atoms. The number of nitrogens with one attached hydrogen (secondary N) is 1. The van der Waals surface area contributed by atoms with Gasteiger partial charge < -0.3 is 5.32 Å². The highest BCUT2D eigenvalue weighted by atomic mass is 32.2. The molecule has 0 saturated carbocycles. The highest BCUT2D eigenvalue weighted by molar-refractivity contribution is 7.99. The maximum absolute atomic E-state index is 12.2. The molecule has 1 aromatic carbocycles. The third-order valence-corrected chi connectivity index (χ3v) is 5.11. The van der Waals surface area contributed by atoms with Crippen LogP contribution < -0.4 is 5.32 Å². The van der Waals surface area contributed by atoms with E-state index in [-0.39, 0.29) is 5.91 Å². The lowest BCUT2D eigenvalue weighted by molar-refractivity contribution is -0.118. The first-order valence-corrected chi connectivity index (χ1v) is 10.4. The van der Waals surface area contributed by atoms with E-state index in [0.717, 1.165) is 17.8 Å². The average Bonchev–Trinajstić information content (AvgIpc) is 3.15. The van der Waals surface area contributed by atoms with Crippen molar-refractivity contribution in [3.63, 3.8) is 0 Å². The summed E-state index contributed by atoms with van der Waals surface area (Å²) in [6.07, 6.45) is 2.63. The van der Waals surface area contributed by atoms with Gasteiger partial charge in [-0.25, -0.2) is 0 Å². The number of hydrogen-bond donors (Lipinski definition) is 1. The maximum Gasteiger partial charge on any atom is 0.230 e. The number of pyridine rings is 1. The van der Waals surface area contributed by atoms with E-state index in [1.807, 2.05) is 34.9 Å². The van der Waals surface area contributed by atoms with E-state index in [4.69, 9.17) is 0 Å². The molecule has 2 heterocycles. The average molecular weight is 396 g/mol. The van der Waals surface area contributed by atoms with Gasteiger partial charge in [0.2, 0.25) is 5.91 Å². The molecule has 0 atom stereocenters. The Labute approximate surface area is 169 Å². The summed E-state index contributed by atoms with van der Waals surface area (Å²) >= 11 is 1.39. The van der Waals surface area contributed by atoms with E-state index in [0.29, 0.717) is 29.2 Å². The Morgan fingerprint density at radius 2 is 1.93 bits per heavy atom. The molecule has 0 aliphatic carbocycles. The predicted octanol–water partition coefficient (Wildman–Crippen LogP) is 3.76. The lowest BCUT2D eigenvalue weighted by Crippen LogP contribution is -2.28. The molecule has 2 aromatic heterocycles. The van der Waals surface area contributed by atoms with Crippen LogP contribution in [0.25, 0.3) is 17.2 Å². The number of para-hydroxylation sites is 1. The molecule has 3 rings (SSSR count). The lowest BCUT2D eigenvalue weighted by atomic mass is 10.1. The highest BCUT2D eigenvalue weighted by Gasteiger charge is 2.19. The van der Waals surface area contributed by atoms with Crippen molar-refractivity contribution in [2.45, 2.75) is 32.3 Å². The van der Waals surface area contributed by atoms with Crippen LogP contribution in [0.15, 0.2) is 53.8 Å². The SMILES string of the molecule is CCc1ccccc1-n1c(SCC(=O)NCC(C)C)nnc1-c1ccccn1. The Morgan fingerprint density at radius 1 is 1.14 bits per heavy atom. The zero-order valence-corrected chi connectivity index (χ0v) is 17.2. The normalized spacial score (nSPS) is 11.0. The minimum absolute atomic E-state index is 0.00332. The number of carbonyl (C=O) groups is 1. The molecule has 7 heteroatoms. The van der Waals surface area contributed by atoms with Crippen LogP contribution in [0.5, 0.6) is 0 Å². The molecule has 0 aliphatic heterocycles. The van der Waals surface area contributed by atoms with Crippen molar-refractivity contribution in [2.24, 2.45) is 5.92 Å². The van der Waals surface area contributed by atoms with Crippen LogP contribution in [0.2, 0.25) is 0 Å². The molecule has 1 amide bonds. The van der Waals surface area contributed by atoms with Gasteiger partial charge in [-0.05, 0) is 36.1 Å². The second-order valence-corrected chi connectivity index (χ2v) is 7.77. The van der Waals surface area contributed by atoms with Crippen molar-refractivity contribution in [2.75, 3.05) is 12.3 Å². The van der Waals surface area contributed by atoms with E-state index in [1.165, 1.54) is 17.3 Å². The summed E-state index contributed by atoms with van der Waals surface area (Å²) < 4.78 is 2.00. The summed E-state index contributed by atoms with van der Waals surface area (Å²) in [7, 11) is 0. The Kier molecular flexibility index (Phi) is 6.81. The van der Waals surface area contributed by atoms with Crippen molar-refractivity contribution in [3.8, 4) is 17.2 Å². The van der Waals surface area contributed by atoms with Crippen molar-refractivity contribution < 1.29 is 4.79 Å². The number of benzene rings is 1. The topological polar surface area (TPSA) is 72.7 Å². The maximum atomic E-state index is 12.2. The molecule has 0 aliphatic rings. The molecule has 1 N–H and O–H groups in total. The van der Waals surface area contributed by atoms with Crippen molar-refractivity contribution in [1.29, 1.82) is 0 Å². The van der Waals surface area contributed by atoms with Crippen LogP contribution >= 0.6 is 11.8 Å².